The first-order chi connectivity index (χ1) is 12.0. The number of rotatable bonds is 6. The summed E-state index contributed by atoms with van der Waals surface area (Å²) >= 11 is 0. The summed E-state index contributed by atoms with van der Waals surface area (Å²) in [4.78, 5) is 14.3. The van der Waals surface area contributed by atoms with Gasteiger partial charge in [0.25, 0.3) is 0 Å². The molecule has 0 unspecified atom stereocenters. The minimum Gasteiger partial charge on any atom is -0.493 e. The number of carbonyl (C=O) groups is 1. The summed E-state index contributed by atoms with van der Waals surface area (Å²) in [5, 5.41) is 0. The second-order valence-corrected chi connectivity index (χ2v) is 8.76. The molecule has 138 valence electrons. The second kappa shape index (κ2) is 7.74. The number of nitrogens with zero attached hydrogens (tertiary/aromatic N) is 2. The smallest absolute Gasteiger partial charge is 0.227 e. The predicted molar refractivity (Wildman–Crippen MR) is 96.2 cm³/mol. The summed E-state index contributed by atoms with van der Waals surface area (Å²) in [6, 6.07) is 5.92. The second-order valence-electron chi connectivity index (χ2n) is 6.67. The van der Waals surface area contributed by atoms with Crippen molar-refractivity contribution in [3.8, 4) is 5.75 Å². The van der Waals surface area contributed by atoms with Crippen LogP contribution in [-0.4, -0.2) is 62.1 Å². The SMILES string of the molecule is CCCCS(=O)(=O)N1CCN(C(=O)Cc2ccc3c(c2)CCO3)CC1. The zero-order valence-corrected chi connectivity index (χ0v) is 15.6. The third-order valence-corrected chi connectivity index (χ3v) is 6.81. The Labute approximate surface area is 149 Å². The van der Waals surface area contributed by atoms with E-state index in [2.05, 4.69) is 0 Å². The number of carbonyl (C=O) groups excluding carboxylic acids is 1. The zero-order chi connectivity index (χ0) is 17.9. The quantitative estimate of drug-likeness (QED) is 0.764. The number of unbranched alkanes of at least 4 members (excludes halogenated alkanes) is 1. The maximum atomic E-state index is 12.5. The molecular formula is C18H26N2O4S. The molecule has 0 bridgehead atoms. The number of sulfonamides is 1. The van der Waals surface area contributed by atoms with Gasteiger partial charge in [-0.2, -0.15) is 4.31 Å². The molecule has 0 N–H and O–H groups in total. The molecule has 1 aromatic carbocycles. The van der Waals surface area contributed by atoms with Crippen molar-refractivity contribution in [2.24, 2.45) is 0 Å². The van der Waals surface area contributed by atoms with Gasteiger partial charge in [-0.25, -0.2) is 8.42 Å². The van der Waals surface area contributed by atoms with Crippen molar-refractivity contribution in [1.29, 1.82) is 0 Å². The maximum Gasteiger partial charge on any atom is 0.227 e. The van der Waals surface area contributed by atoms with Crippen molar-refractivity contribution in [3.05, 3.63) is 29.3 Å². The van der Waals surface area contributed by atoms with Gasteiger partial charge >= 0.3 is 0 Å². The lowest BCUT2D eigenvalue weighted by atomic mass is 10.1. The Kier molecular flexibility index (Phi) is 5.64. The number of ether oxygens (including phenoxy) is 1. The maximum absolute atomic E-state index is 12.5. The highest BCUT2D eigenvalue weighted by Gasteiger charge is 2.28. The minimum absolute atomic E-state index is 0.0597. The van der Waals surface area contributed by atoms with Crippen molar-refractivity contribution in [3.63, 3.8) is 0 Å². The highest BCUT2D eigenvalue weighted by Crippen LogP contribution is 2.26. The molecule has 7 heteroatoms. The van der Waals surface area contributed by atoms with Crippen LogP contribution in [0.2, 0.25) is 0 Å². The number of hydrogen-bond donors (Lipinski definition) is 0. The van der Waals surface area contributed by atoms with Gasteiger partial charge in [0.05, 0.1) is 18.8 Å². The van der Waals surface area contributed by atoms with E-state index in [0.29, 0.717) is 45.6 Å². The average Bonchev–Trinajstić information content (AvgIpc) is 3.08. The van der Waals surface area contributed by atoms with Crippen LogP contribution in [0, 0.1) is 0 Å². The standard InChI is InChI=1S/C18H26N2O4S/c1-2-3-12-25(22,23)20-9-7-19(8-10-20)18(21)14-15-4-5-17-16(13-15)6-11-24-17/h4-5,13H,2-3,6-12,14H2,1H3. The zero-order valence-electron chi connectivity index (χ0n) is 14.7. The molecule has 0 radical (unpaired) electrons. The number of hydrogen-bond acceptors (Lipinski definition) is 4. The van der Waals surface area contributed by atoms with Crippen LogP contribution in [0.4, 0.5) is 0 Å². The van der Waals surface area contributed by atoms with Crippen molar-refractivity contribution in [2.45, 2.75) is 32.6 Å². The van der Waals surface area contributed by atoms with E-state index in [9.17, 15) is 13.2 Å². The number of piperazine rings is 1. The van der Waals surface area contributed by atoms with E-state index < -0.39 is 10.0 Å². The van der Waals surface area contributed by atoms with Crippen LogP contribution >= 0.6 is 0 Å². The molecule has 1 saturated heterocycles. The summed E-state index contributed by atoms with van der Waals surface area (Å²) in [5.41, 5.74) is 2.16. The first-order valence-corrected chi connectivity index (χ1v) is 10.6. The molecule has 3 rings (SSSR count). The molecule has 0 atom stereocenters. The van der Waals surface area contributed by atoms with Crippen LogP contribution in [0.25, 0.3) is 0 Å². The van der Waals surface area contributed by atoms with Gasteiger partial charge in [0, 0.05) is 32.6 Å². The van der Waals surface area contributed by atoms with E-state index in [4.69, 9.17) is 4.74 Å². The van der Waals surface area contributed by atoms with Crippen LogP contribution < -0.4 is 4.74 Å². The summed E-state index contributed by atoms with van der Waals surface area (Å²) in [6.07, 6.45) is 2.80. The van der Waals surface area contributed by atoms with E-state index in [-0.39, 0.29) is 11.7 Å². The molecule has 2 aliphatic rings. The molecule has 25 heavy (non-hydrogen) atoms. The summed E-state index contributed by atoms with van der Waals surface area (Å²) < 4.78 is 31.5. The van der Waals surface area contributed by atoms with Gasteiger partial charge in [0.15, 0.2) is 0 Å². The van der Waals surface area contributed by atoms with Gasteiger partial charge < -0.3 is 9.64 Å². The van der Waals surface area contributed by atoms with Crippen LogP contribution in [0.3, 0.4) is 0 Å². The highest BCUT2D eigenvalue weighted by molar-refractivity contribution is 7.89. The van der Waals surface area contributed by atoms with Crippen LogP contribution in [0.1, 0.15) is 30.9 Å². The lowest BCUT2D eigenvalue weighted by Gasteiger charge is -2.34. The van der Waals surface area contributed by atoms with Crippen molar-refractivity contribution in [1.82, 2.24) is 9.21 Å². The van der Waals surface area contributed by atoms with Gasteiger partial charge in [-0.05, 0) is 23.6 Å². The van der Waals surface area contributed by atoms with Gasteiger partial charge in [-0.1, -0.05) is 25.5 Å². The van der Waals surface area contributed by atoms with Crippen LogP contribution in [0.15, 0.2) is 18.2 Å². The third-order valence-electron chi connectivity index (χ3n) is 4.85. The van der Waals surface area contributed by atoms with Gasteiger partial charge in [0.1, 0.15) is 5.75 Å². The van der Waals surface area contributed by atoms with Gasteiger partial charge in [-0.3, -0.25) is 4.79 Å². The first kappa shape index (κ1) is 18.2. The Balaban J connectivity index is 1.53. The monoisotopic (exact) mass is 366 g/mol. The Bertz CT molecular complexity index is 725. The van der Waals surface area contributed by atoms with Gasteiger partial charge in [0.2, 0.25) is 15.9 Å². The molecule has 2 heterocycles. The summed E-state index contributed by atoms with van der Waals surface area (Å²) in [6.45, 7) is 4.43. The van der Waals surface area contributed by atoms with Crippen LogP contribution in [-0.2, 0) is 27.7 Å². The summed E-state index contributed by atoms with van der Waals surface area (Å²) in [5.74, 6) is 1.18. The van der Waals surface area contributed by atoms with Crippen molar-refractivity contribution in [2.75, 3.05) is 38.5 Å². The Hall–Kier alpha value is -1.60. The minimum atomic E-state index is -3.18. The van der Waals surface area contributed by atoms with Crippen LogP contribution in [0.5, 0.6) is 5.75 Å². The third kappa shape index (κ3) is 4.33. The molecule has 0 aromatic heterocycles. The fourth-order valence-corrected chi connectivity index (χ4v) is 4.94. The highest BCUT2D eigenvalue weighted by atomic mass is 32.2. The van der Waals surface area contributed by atoms with E-state index in [1.54, 1.807) is 4.90 Å². The lowest BCUT2D eigenvalue weighted by molar-refractivity contribution is -0.131. The molecule has 0 spiro atoms. The molecule has 2 aliphatic heterocycles. The first-order valence-electron chi connectivity index (χ1n) is 9.00. The van der Waals surface area contributed by atoms with Crippen molar-refractivity contribution >= 4 is 15.9 Å². The van der Waals surface area contributed by atoms with E-state index in [1.807, 2.05) is 25.1 Å². The molecule has 1 fully saturated rings. The number of amides is 1. The van der Waals surface area contributed by atoms with Crippen molar-refractivity contribution < 1.29 is 17.9 Å². The topological polar surface area (TPSA) is 66.9 Å². The van der Waals surface area contributed by atoms with Gasteiger partial charge in [-0.15, -0.1) is 0 Å². The Morgan fingerprint density at radius 3 is 2.68 bits per heavy atom. The fourth-order valence-electron chi connectivity index (χ4n) is 3.31. The molecule has 1 aromatic rings. The fraction of sp³-hybridized carbons (Fsp3) is 0.611. The lowest BCUT2D eigenvalue weighted by Crippen LogP contribution is -2.51. The Morgan fingerprint density at radius 1 is 1.20 bits per heavy atom. The molecule has 0 aliphatic carbocycles. The van der Waals surface area contributed by atoms with E-state index in [0.717, 1.165) is 29.7 Å². The number of benzene rings is 1. The Morgan fingerprint density at radius 2 is 1.96 bits per heavy atom. The number of fused-ring (bicyclic) bond motifs is 1. The largest absolute Gasteiger partial charge is 0.493 e. The normalized spacial score (nSPS) is 18.0. The average molecular weight is 366 g/mol. The molecule has 6 nitrogen and oxygen atoms in total. The molecular weight excluding hydrogens is 340 g/mol. The predicted octanol–water partition coefficient (Wildman–Crippen LogP) is 1.44. The summed E-state index contributed by atoms with van der Waals surface area (Å²) in [7, 11) is -3.18. The van der Waals surface area contributed by atoms with E-state index in [1.165, 1.54) is 4.31 Å². The molecule has 1 amide bonds. The van der Waals surface area contributed by atoms with E-state index >= 15 is 0 Å². The molecule has 0 saturated carbocycles.